The maximum absolute atomic E-state index is 10.2. The van der Waals surface area contributed by atoms with Crippen LogP contribution in [0.3, 0.4) is 0 Å². The Morgan fingerprint density at radius 1 is 1.16 bits per heavy atom. The highest BCUT2D eigenvalue weighted by atomic mass is 16.3. The van der Waals surface area contributed by atoms with Crippen molar-refractivity contribution in [3.8, 4) is 0 Å². The smallest absolute Gasteiger partial charge is 0.106 e. The quantitative estimate of drug-likeness (QED) is 0.620. The molecule has 5 atom stereocenters. The van der Waals surface area contributed by atoms with E-state index in [1.807, 2.05) is 6.79 Å². The Bertz CT molecular complexity index is 370. The van der Waals surface area contributed by atoms with Crippen molar-refractivity contribution in [3.05, 3.63) is 23.8 Å². The normalized spacial score (nSPS) is 29.7. The van der Waals surface area contributed by atoms with Crippen LogP contribution in [0.1, 0.15) is 81.1 Å². The number of rotatable bonds is 2. The van der Waals surface area contributed by atoms with Gasteiger partial charge in [0.15, 0.2) is 0 Å². The molecule has 2 rings (SSSR count). The summed E-state index contributed by atoms with van der Waals surface area (Å²) in [6.07, 6.45) is 11.4. The lowest BCUT2D eigenvalue weighted by molar-refractivity contribution is -0.0979. The molecule has 2 nitrogen and oxygen atoms in total. The lowest BCUT2D eigenvalue weighted by atomic mass is 9.66. The van der Waals surface area contributed by atoms with Gasteiger partial charge in [0.05, 0.1) is 6.10 Å². The fourth-order valence-electron chi connectivity index (χ4n) is 3.31. The first-order valence-corrected chi connectivity index (χ1v) is 10.2. The van der Waals surface area contributed by atoms with Crippen LogP contribution in [0, 0.1) is 29.6 Å². The Morgan fingerprint density at radius 2 is 1.64 bits per heavy atom. The molecule has 2 aliphatic carbocycles. The first-order valence-electron chi connectivity index (χ1n) is 10.2. The summed E-state index contributed by atoms with van der Waals surface area (Å²) in [4.78, 5) is 8.00. The van der Waals surface area contributed by atoms with Crippen LogP contribution in [-0.4, -0.2) is 18.0 Å². The molecule has 0 saturated heterocycles. The van der Waals surface area contributed by atoms with Crippen molar-refractivity contribution in [1.29, 1.82) is 0 Å². The van der Waals surface area contributed by atoms with Gasteiger partial charge < -0.3 is 9.90 Å². The second-order valence-electron chi connectivity index (χ2n) is 7.77. The number of fused-ring (bicyclic) bond motifs is 1. The molecule has 25 heavy (non-hydrogen) atoms. The Labute approximate surface area is 157 Å². The van der Waals surface area contributed by atoms with Crippen molar-refractivity contribution in [2.24, 2.45) is 29.6 Å². The van der Waals surface area contributed by atoms with Gasteiger partial charge in [-0.15, -0.1) is 0 Å². The molecule has 0 aromatic rings. The van der Waals surface area contributed by atoms with Crippen LogP contribution in [0.2, 0.25) is 0 Å². The summed E-state index contributed by atoms with van der Waals surface area (Å²) in [7, 11) is 0. The van der Waals surface area contributed by atoms with Gasteiger partial charge in [0.2, 0.25) is 0 Å². The lowest BCUT2D eigenvalue weighted by Gasteiger charge is -2.41. The van der Waals surface area contributed by atoms with Crippen LogP contribution in [0.15, 0.2) is 23.8 Å². The minimum Gasteiger partial charge on any atom is -0.392 e. The molecule has 0 aromatic heterocycles. The number of aliphatic hydroxyl groups is 1. The first-order chi connectivity index (χ1) is 11.8. The predicted octanol–water partition coefficient (Wildman–Crippen LogP) is 6.45. The average Bonchev–Trinajstić information content (AvgIpc) is 2.58. The summed E-state index contributed by atoms with van der Waals surface area (Å²) in [6, 6.07) is 0. The van der Waals surface area contributed by atoms with E-state index in [4.69, 9.17) is 4.79 Å². The highest BCUT2D eigenvalue weighted by Gasteiger charge is 2.37. The predicted molar refractivity (Wildman–Crippen MR) is 112 cm³/mol. The number of hydrogen-bond acceptors (Lipinski definition) is 2. The van der Waals surface area contributed by atoms with Crippen LogP contribution in [0.5, 0.6) is 0 Å². The Kier molecular flexibility index (Phi) is 16.2. The molecule has 1 N–H and O–H groups in total. The zero-order chi connectivity index (χ0) is 20.0. The second kappa shape index (κ2) is 15.4. The third-order valence-electron chi connectivity index (χ3n) is 4.91. The van der Waals surface area contributed by atoms with Gasteiger partial charge in [-0.1, -0.05) is 92.9 Å². The molecule has 2 heteroatoms. The molecule has 0 aromatic carbocycles. The summed E-state index contributed by atoms with van der Waals surface area (Å²) in [5, 5.41) is 10.2. The van der Waals surface area contributed by atoms with E-state index in [2.05, 4.69) is 73.6 Å². The minimum absolute atomic E-state index is 0.127. The molecule has 148 valence electrons. The lowest BCUT2D eigenvalue weighted by Crippen LogP contribution is -2.37. The summed E-state index contributed by atoms with van der Waals surface area (Å²) in [5.41, 5.74) is 1.38. The van der Waals surface area contributed by atoms with Gasteiger partial charge in [-0.05, 0) is 35.7 Å². The second-order valence-corrected chi connectivity index (χ2v) is 7.77. The number of carbonyl (C=O) groups excluding carboxylic acids is 1. The van der Waals surface area contributed by atoms with Gasteiger partial charge in [-0.3, -0.25) is 0 Å². The summed E-state index contributed by atoms with van der Waals surface area (Å²) in [5.74, 6) is 3.05. The Hall–Kier alpha value is -0.890. The molecular formula is C23H44O2. The molecule has 0 spiro atoms. The maximum Gasteiger partial charge on any atom is 0.106 e. The van der Waals surface area contributed by atoms with Crippen molar-refractivity contribution in [2.45, 2.75) is 87.2 Å². The highest BCUT2D eigenvalue weighted by molar-refractivity contribution is 5.31. The van der Waals surface area contributed by atoms with Crippen LogP contribution >= 0.6 is 0 Å². The Morgan fingerprint density at radius 3 is 2.04 bits per heavy atom. The van der Waals surface area contributed by atoms with Crippen LogP contribution in [-0.2, 0) is 4.79 Å². The van der Waals surface area contributed by atoms with E-state index in [0.29, 0.717) is 23.7 Å². The van der Waals surface area contributed by atoms with Gasteiger partial charge in [0.1, 0.15) is 6.79 Å². The third-order valence-corrected chi connectivity index (χ3v) is 4.91. The van der Waals surface area contributed by atoms with Gasteiger partial charge >= 0.3 is 0 Å². The monoisotopic (exact) mass is 352 g/mol. The zero-order valence-electron chi connectivity index (χ0n) is 18.1. The summed E-state index contributed by atoms with van der Waals surface area (Å²) >= 11 is 0. The van der Waals surface area contributed by atoms with Crippen molar-refractivity contribution in [3.63, 3.8) is 0 Å². The van der Waals surface area contributed by atoms with Gasteiger partial charge in [-0.25, -0.2) is 0 Å². The molecule has 0 bridgehead atoms. The topological polar surface area (TPSA) is 37.3 Å². The largest absolute Gasteiger partial charge is 0.392 e. The standard InChI is InChI=1S/C14H22O.C5H12.C3H8.CH2O/c1-4-12-10(3)5-6-11-7-9(2)8-13(15)14(11)12;1-4-5(2)3;1-3-2;1-2/h5-7,9-10,12-15H,4,8H2,1-3H3;5H,4H2,1-3H3;3H2,1-2H3;1H2/t9?,10?,12-,13-,14-;;;/m0.../s1. The van der Waals surface area contributed by atoms with E-state index in [9.17, 15) is 5.11 Å². The third kappa shape index (κ3) is 9.99. The van der Waals surface area contributed by atoms with E-state index in [-0.39, 0.29) is 6.10 Å². The zero-order valence-corrected chi connectivity index (χ0v) is 18.1. The molecule has 0 heterocycles. The van der Waals surface area contributed by atoms with Gasteiger partial charge in [-0.2, -0.15) is 0 Å². The van der Waals surface area contributed by atoms with E-state index in [1.165, 1.54) is 24.8 Å². The summed E-state index contributed by atoms with van der Waals surface area (Å²) < 4.78 is 0. The van der Waals surface area contributed by atoms with Gasteiger partial charge in [0.25, 0.3) is 0 Å². The number of aliphatic hydroxyl groups excluding tert-OH is 1. The molecule has 0 radical (unpaired) electrons. The number of hydrogen-bond donors (Lipinski definition) is 1. The van der Waals surface area contributed by atoms with E-state index in [0.717, 1.165) is 12.3 Å². The molecule has 2 unspecified atom stereocenters. The van der Waals surface area contributed by atoms with E-state index >= 15 is 0 Å². The van der Waals surface area contributed by atoms with Crippen molar-refractivity contribution >= 4 is 6.79 Å². The average molecular weight is 353 g/mol. The van der Waals surface area contributed by atoms with Gasteiger partial charge in [0, 0.05) is 5.92 Å². The molecule has 2 aliphatic rings. The van der Waals surface area contributed by atoms with Crippen LogP contribution in [0.25, 0.3) is 0 Å². The number of carbonyl (C=O) groups is 1. The van der Waals surface area contributed by atoms with E-state index < -0.39 is 0 Å². The highest BCUT2D eigenvalue weighted by Crippen LogP contribution is 2.42. The van der Waals surface area contributed by atoms with Crippen molar-refractivity contribution < 1.29 is 9.90 Å². The SMILES string of the molecule is C=O.CCC.CCC(C)C.CC[C@H]1C(C)C=CC2=CC(C)C[C@H](O)[C@@H]21. The van der Waals surface area contributed by atoms with E-state index in [1.54, 1.807) is 0 Å². The van der Waals surface area contributed by atoms with Crippen LogP contribution in [0.4, 0.5) is 0 Å². The van der Waals surface area contributed by atoms with Crippen molar-refractivity contribution in [2.75, 3.05) is 0 Å². The van der Waals surface area contributed by atoms with Crippen molar-refractivity contribution in [1.82, 2.24) is 0 Å². The molecule has 0 amide bonds. The number of allylic oxidation sites excluding steroid dienone is 3. The molecule has 0 saturated carbocycles. The maximum atomic E-state index is 10.2. The summed E-state index contributed by atoms with van der Waals surface area (Å²) in [6.45, 7) is 19.6. The molecule has 0 aliphatic heterocycles. The first kappa shape index (κ1) is 26.3. The molecule has 0 fully saturated rings. The van der Waals surface area contributed by atoms with Crippen LogP contribution < -0.4 is 0 Å². The minimum atomic E-state index is -0.127. The fourth-order valence-corrected chi connectivity index (χ4v) is 3.31. The Balaban J connectivity index is 0. The molecular weight excluding hydrogens is 308 g/mol. The fraction of sp³-hybridized carbons (Fsp3) is 0.783.